The lowest BCUT2D eigenvalue weighted by molar-refractivity contribution is 0.416. The van der Waals surface area contributed by atoms with Crippen LogP contribution < -0.4 is 9.46 Å². The quantitative estimate of drug-likeness (QED) is 0.469. The van der Waals surface area contributed by atoms with Gasteiger partial charge in [-0.05, 0) is 52.2 Å². The molecule has 0 aliphatic rings. The van der Waals surface area contributed by atoms with Crippen LogP contribution in [0.25, 0.3) is 11.4 Å². The fraction of sp³-hybridized carbons (Fsp3) is 0.0952. The van der Waals surface area contributed by atoms with Gasteiger partial charge in [0.25, 0.3) is 0 Å². The fourth-order valence-electron chi connectivity index (χ4n) is 2.87. The second kappa shape index (κ2) is 8.58. The molecule has 28 heavy (non-hydrogen) atoms. The summed E-state index contributed by atoms with van der Waals surface area (Å²) in [5.74, 6) is 1.36. The molecule has 1 N–H and O–H groups in total. The minimum absolute atomic E-state index is 0.576. The second-order valence-corrected chi connectivity index (χ2v) is 6.93. The van der Waals surface area contributed by atoms with E-state index < -0.39 is 0 Å². The van der Waals surface area contributed by atoms with Crippen molar-refractivity contribution in [2.24, 2.45) is 0 Å². The lowest BCUT2D eigenvalue weighted by Crippen LogP contribution is -2.06. The molecule has 1 heterocycles. The van der Waals surface area contributed by atoms with Crippen molar-refractivity contribution in [3.8, 4) is 17.1 Å². The summed E-state index contributed by atoms with van der Waals surface area (Å²) < 4.78 is 10.8. The van der Waals surface area contributed by atoms with E-state index in [1.54, 1.807) is 11.8 Å². The second-order valence-electron chi connectivity index (χ2n) is 6.05. The van der Waals surface area contributed by atoms with Crippen LogP contribution in [0.1, 0.15) is 5.56 Å². The molecule has 0 radical (unpaired) electrons. The summed E-state index contributed by atoms with van der Waals surface area (Å²) in [5.41, 5.74) is 2.84. The molecule has 4 rings (SSSR count). The van der Waals surface area contributed by atoms with Crippen molar-refractivity contribution in [2.45, 2.75) is 11.4 Å². The monoisotopic (exact) mass is 389 g/mol. The SMILES string of the molecule is COc1cccc(NSc2ccccc2)c1-c1nnnn1Cc1ccccc1. The van der Waals surface area contributed by atoms with Crippen LogP contribution in [0.5, 0.6) is 5.75 Å². The molecule has 1 aromatic heterocycles. The number of rotatable bonds is 7. The first-order chi connectivity index (χ1) is 13.8. The highest BCUT2D eigenvalue weighted by atomic mass is 32.2. The van der Waals surface area contributed by atoms with E-state index in [-0.39, 0.29) is 0 Å². The molecule has 0 aliphatic carbocycles. The Kier molecular flexibility index (Phi) is 5.53. The lowest BCUT2D eigenvalue weighted by Gasteiger charge is -2.15. The van der Waals surface area contributed by atoms with Gasteiger partial charge in [0, 0.05) is 4.90 Å². The Bertz CT molecular complexity index is 1040. The summed E-state index contributed by atoms with van der Waals surface area (Å²) in [5, 5.41) is 12.4. The van der Waals surface area contributed by atoms with Crippen LogP contribution in [0.3, 0.4) is 0 Å². The van der Waals surface area contributed by atoms with Crippen LogP contribution in [-0.2, 0) is 6.54 Å². The van der Waals surface area contributed by atoms with Gasteiger partial charge in [-0.2, -0.15) is 0 Å². The number of methoxy groups -OCH3 is 1. The molecule has 140 valence electrons. The van der Waals surface area contributed by atoms with E-state index in [4.69, 9.17) is 4.74 Å². The van der Waals surface area contributed by atoms with Crippen molar-refractivity contribution < 1.29 is 4.74 Å². The third kappa shape index (κ3) is 3.99. The van der Waals surface area contributed by atoms with Crippen LogP contribution in [0.2, 0.25) is 0 Å². The molecule has 7 heteroatoms. The molecule has 4 aromatic rings. The predicted molar refractivity (Wildman–Crippen MR) is 111 cm³/mol. The van der Waals surface area contributed by atoms with Crippen molar-refractivity contribution in [3.63, 3.8) is 0 Å². The number of hydrogen-bond donors (Lipinski definition) is 1. The maximum atomic E-state index is 5.61. The zero-order valence-corrected chi connectivity index (χ0v) is 16.1. The Balaban J connectivity index is 1.68. The number of anilines is 1. The first kappa shape index (κ1) is 18.1. The number of nitrogens with one attached hydrogen (secondary N) is 1. The lowest BCUT2D eigenvalue weighted by atomic mass is 10.1. The third-order valence-electron chi connectivity index (χ3n) is 4.20. The molecular formula is C21H19N5OS. The molecule has 0 saturated carbocycles. The van der Waals surface area contributed by atoms with E-state index >= 15 is 0 Å². The standard InChI is InChI=1S/C21H19N5OS/c1-27-19-14-8-13-18(23-28-17-11-6-3-7-12-17)20(19)21-22-24-25-26(21)15-16-9-4-2-5-10-16/h2-14,23H,15H2,1H3. The number of hydrogen-bond acceptors (Lipinski definition) is 6. The number of nitrogens with zero attached hydrogens (tertiary/aromatic N) is 4. The normalized spacial score (nSPS) is 10.6. The highest BCUT2D eigenvalue weighted by Crippen LogP contribution is 2.37. The first-order valence-electron chi connectivity index (χ1n) is 8.80. The highest BCUT2D eigenvalue weighted by molar-refractivity contribution is 8.00. The van der Waals surface area contributed by atoms with Crippen molar-refractivity contribution in [1.29, 1.82) is 0 Å². The number of ether oxygens (including phenoxy) is 1. The summed E-state index contributed by atoms with van der Waals surface area (Å²) in [7, 11) is 1.65. The minimum atomic E-state index is 0.576. The first-order valence-corrected chi connectivity index (χ1v) is 9.62. The summed E-state index contributed by atoms with van der Waals surface area (Å²) >= 11 is 1.53. The summed E-state index contributed by atoms with van der Waals surface area (Å²) in [6, 6.07) is 26.1. The molecule has 0 unspecified atom stereocenters. The molecule has 6 nitrogen and oxygen atoms in total. The Morgan fingerprint density at radius 2 is 1.68 bits per heavy atom. The Hall–Kier alpha value is -3.32. The van der Waals surface area contributed by atoms with Gasteiger partial charge < -0.3 is 9.46 Å². The van der Waals surface area contributed by atoms with Crippen molar-refractivity contribution in [2.75, 3.05) is 11.8 Å². The van der Waals surface area contributed by atoms with Crippen molar-refractivity contribution >= 4 is 17.6 Å². The summed E-state index contributed by atoms with van der Waals surface area (Å²) in [6.45, 7) is 0.576. The maximum absolute atomic E-state index is 5.61. The highest BCUT2D eigenvalue weighted by Gasteiger charge is 2.19. The van der Waals surface area contributed by atoms with Crippen LogP contribution in [-0.4, -0.2) is 27.3 Å². The van der Waals surface area contributed by atoms with Gasteiger partial charge in [-0.15, -0.1) is 5.10 Å². The van der Waals surface area contributed by atoms with E-state index in [1.807, 2.05) is 54.6 Å². The Morgan fingerprint density at radius 1 is 0.929 bits per heavy atom. The molecular weight excluding hydrogens is 370 g/mol. The van der Waals surface area contributed by atoms with Crippen LogP contribution in [0, 0.1) is 0 Å². The Morgan fingerprint density at radius 3 is 2.43 bits per heavy atom. The molecule has 0 saturated heterocycles. The van der Waals surface area contributed by atoms with E-state index in [0.717, 1.165) is 21.7 Å². The Labute approximate surface area is 167 Å². The van der Waals surface area contributed by atoms with Gasteiger partial charge in [0.2, 0.25) is 0 Å². The minimum Gasteiger partial charge on any atom is -0.496 e. The molecule has 0 bridgehead atoms. The predicted octanol–water partition coefficient (Wildman–Crippen LogP) is 4.52. The third-order valence-corrected chi connectivity index (χ3v) is 5.03. The molecule has 0 spiro atoms. The maximum Gasteiger partial charge on any atom is 0.188 e. The molecule has 0 aliphatic heterocycles. The van der Waals surface area contributed by atoms with Crippen LogP contribution in [0.4, 0.5) is 5.69 Å². The molecule has 3 aromatic carbocycles. The van der Waals surface area contributed by atoms with Gasteiger partial charge in [0.05, 0.1) is 24.9 Å². The molecule has 0 atom stereocenters. The number of benzene rings is 3. The van der Waals surface area contributed by atoms with E-state index in [1.165, 1.54) is 11.9 Å². The van der Waals surface area contributed by atoms with Gasteiger partial charge in [-0.25, -0.2) is 4.68 Å². The van der Waals surface area contributed by atoms with Gasteiger partial charge in [-0.1, -0.05) is 54.6 Å². The smallest absolute Gasteiger partial charge is 0.188 e. The average Bonchev–Trinajstić information content (AvgIpc) is 3.21. The van der Waals surface area contributed by atoms with Crippen LogP contribution >= 0.6 is 11.9 Å². The topological polar surface area (TPSA) is 64.9 Å². The number of aromatic nitrogens is 4. The van der Waals surface area contributed by atoms with Gasteiger partial charge >= 0.3 is 0 Å². The van der Waals surface area contributed by atoms with Crippen molar-refractivity contribution in [3.05, 3.63) is 84.4 Å². The summed E-state index contributed by atoms with van der Waals surface area (Å²) in [6.07, 6.45) is 0. The van der Waals surface area contributed by atoms with Gasteiger partial charge in [0.15, 0.2) is 5.82 Å². The summed E-state index contributed by atoms with van der Waals surface area (Å²) in [4.78, 5) is 1.11. The zero-order chi connectivity index (χ0) is 19.2. The number of tetrazole rings is 1. The largest absolute Gasteiger partial charge is 0.496 e. The average molecular weight is 389 g/mol. The van der Waals surface area contributed by atoms with E-state index in [0.29, 0.717) is 18.1 Å². The zero-order valence-electron chi connectivity index (χ0n) is 15.3. The van der Waals surface area contributed by atoms with E-state index in [2.05, 4.69) is 44.5 Å². The van der Waals surface area contributed by atoms with E-state index in [9.17, 15) is 0 Å². The van der Waals surface area contributed by atoms with Crippen LogP contribution in [0.15, 0.2) is 83.8 Å². The van der Waals surface area contributed by atoms with Crippen molar-refractivity contribution in [1.82, 2.24) is 20.2 Å². The van der Waals surface area contributed by atoms with Gasteiger partial charge in [-0.3, -0.25) is 0 Å². The van der Waals surface area contributed by atoms with Gasteiger partial charge in [0.1, 0.15) is 5.75 Å². The molecule has 0 amide bonds. The fourth-order valence-corrected chi connectivity index (χ4v) is 3.56. The molecule has 0 fully saturated rings.